The van der Waals surface area contributed by atoms with Gasteiger partial charge in [0.15, 0.2) is 11.5 Å². The molecule has 0 amide bonds. The Kier molecular flexibility index (Phi) is 2.71. The van der Waals surface area contributed by atoms with Crippen molar-refractivity contribution in [3.63, 3.8) is 0 Å². The van der Waals surface area contributed by atoms with Crippen LogP contribution in [0.2, 0.25) is 0 Å². The Labute approximate surface area is 103 Å². The smallest absolute Gasteiger partial charge is 0.335 e. The normalized spacial score (nSPS) is 20.1. The first-order valence-corrected chi connectivity index (χ1v) is 5.91. The molecular weight excluding hydrogens is 234 g/mol. The van der Waals surface area contributed by atoms with Gasteiger partial charge < -0.3 is 9.84 Å². The molecule has 1 fully saturated rings. The predicted molar refractivity (Wildman–Crippen MR) is 62.7 cm³/mol. The number of carboxylic acid groups (broad SMARTS) is 1. The molecule has 18 heavy (non-hydrogen) atoms. The molecule has 1 saturated heterocycles. The molecule has 2 aromatic rings. The average Bonchev–Trinajstić information content (AvgIpc) is 2.82. The predicted octanol–water partition coefficient (Wildman–Crippen LogP) is 1.32. The number of carbonyl (C=O) groups is 1. The fourth-order valence-corrected chi connectivity index (χ4v) is 2.15. The molecule has 3 rings (SSSR count). The molecule has 6 nitrogen and oxygen atoms in total. The Balaban J connectivity index is 1.97. The molecular formula is C12H13N3O3. The van der Waals surface area contributed by atoms with Gasteiger partial charge in [0, 0.05) is 18.7 Å². The number of carboxylic acids is 1. The lowest BCUT2D eigenvalue weighted by Gasteiger charge is -2.18. The van der Waals surface area contributed by atoms with Crippen molar-refractivity contribution in [3.8, 4) is 0 Å². The summed E-state index contributed by atoms with van der Waals surface area (Å²) >= 11 is 0. The second-order valence-electron chi connectivity index (χ2n) is 4.41. The average molecular weight is 247 g/mol. The van der Waals surface area contributed by atoms with Gasteiger partial charge in [-0.15, -0.1) is 0 Å². The van der Waals surface area contributed by atoms with Crippen LogP contribution in [-0.2, 0) is 4.74 Å². The van der Waals surface area contributed by atoms with Crippen LogP contribution in [0.15, 0.2) is 18.3 Å². The minimum atomic E-state index is -0.956. The molecule has 0 aliphatic carbocycles. The van der Waals surface area contributed by atoms with Gasteiger partial charge in [-0.05, 0) is 25.0 Å². The third kappa shape index (κ3) is 1.95. The van der Waals surface area contributed by atoms with E-state index in [1.807, 2.05) is 0 Å². The summed E-state index contributed by atoms with van der Waals surface area (Å²) in [7, 11) is 0. The van der Waals surface area contributed by atoms with Gasteiger partial charge in [0.05, 0.1) is 12.2 Å². The zero-order chi connectivity index (χ0) is 12.5. The summed E-state index contributed by atoms with van der Waals surface area (Å²) in [6.07, 6.45) is 3.65. The van der Waals surface area contributed by atoms with Crippen LogP contribution in [0.5, 0.6) is 0 Å². The maximum absolute atomic E-state index is 10.9. The molecule has 3 heterocycles. The molecule has 1 aliphatic heterocycles. The summed E-state index contributed by atoms with van der Waals surface area (Å²) in [6.45, 7) is 1.44. The Morgan fingerprint density at radius 2 is 2.44 bits per heavy atom. The van der Waals surface area contributed by atoms with Crippen molar-refractivity contribution in [2.45, 2.75) is 18.8 Å². The zero-order valence-electron chi connectivity index (χ0n) is 9.74. The highest BCUT2D eigenvalue weighted by molar-refractivity contribution is 5.88. The first kappa shape index (κ1) is 11.2. The molecule has 2 aromatic heterocycles. The van der Waals surface area contributed by atoms with E-state index in [0.717, 1.165) is 25.3 Å². The number of nitrogens with zero attached hydrogens (tertiary/aromatic N) is 3. The minimum absolute atomic E-state index is 0.215. The van der Waals surface area contributed by atoms with Crippen LogP contribution < -0.4 is 0 Å². The SMILES string of the molecule is O=C(O)c1ccn2nc(C3CCCOC3)nc2c1. The minimum Gasteiger partial charge on any atom is -0.478 e. The molecule has 1 atom stereocenters. The number of aromatic nitrogens is 3. The second kappa shape index (κ2) is 4.38. The molecule has 0 radical (unpaired) electrons. The number of ether oxygens (including phenoxy) is 1. The van der Waals surface area contributed by atoms with Crippen molar-refractivity contribution < 1.29 is 14.6 Å². The van der Waals surface area contributed by atoms with E-state index < -0.39 is 5.97 Å². The van der Waals surface area contributed by atoms with Crippen molar-refractivity contribution in [1.82, 2.24) is 14.6 Å². The molecule has 1 aliphatic rings. The lowest BCUT2D eigenvalue weighted by atomic mass is 10.0. The van der Waals surface area contributed by atoms with E-state index in [0.29, 0.717) is 12.3 Å². The van der Waals surface area contributed by atoms with Gasteiger partial charge >= 0.3 is 5.97 Å². The van der Waals surface area contributed by atoms with Crippen molar-refractivity contribution in [2.24, 2.45) is 0 Å². The quantitative estimate of drug-likeness (QED) is 0.866. The van der Waals surface area contributed by atoms with Crippen LogP contribution in [0.1, 0.15) is 34.9 Å². The van der Waals surface area contributed by atoms with E-state index in [-0.39, 0.29) is 11.5 Å². The standard InChI is InChI=1S/C12H13N3O3/c16-12(17)8-3-4-15-10(6-8)13-11(14-15)9-2-1-5-18-7-9/h3-4,6,9H,1-2,5,7H2,(H,16,17). The Morgan fingerprint density at radius 3 is 3.17 bits per heavy atom. The van der Waals surface area contributed by atoms with E-state index in [1.165, 1.54) is 12.1 Å². The third-order valence-electron chi connectivity index (χ3n) is 3.13. The fourth-order valence-electron chi connectivity index (χ4n) is 2.15. The number of aromatic carboxylic acids is 1. The van der Waals surface area contributed by atoms with Crippen LogP contribution in [0, 0.1) is 0 Å². The number of hydrogen-bond acceptors (Lipinski definition) is 4. The molecule has 0 aromatic carbocycles. The van der Waals surface area contributed by atoms with Crippen LogP contribution >= 0.6 is 0 Å². The van der Waals surface area contributed by atoms with Crippen LogP contribution in [0.3, 0.4) is 0 Å². The molecule has 1 unspecified atom stereocenters. The first-order chi connectivity index (χ1) is 8.74. The van der Waals surface area contributed by atoms with Crippen LogP contribution in [-0.4, -0.2) is 38.9 Å². The molecule has 1 N–H and O–H groups in total. The Bertz CT molecular complexity index is 587. The van der Waals surface area contributed by atoms with Crippen molar-refractivity contribution in [1.29, 1.82) is 0 Å². The summed E-state index contributed by atoms with van der Waals surface area (Å²) in [5.74, 6) is -0.00721. The third-order valence-corrected chi connectivity index (χ3v) is 3.13. The van der Waals surface area contributed by atoms with E-state index in [2.05, 4.69) is 10.1 Å². The fraction of sp³-hybridized carbons (Fsp3) is 0.417. The number of hydrogen-bond donors (Lipinski definition) is 1. The van der Waals surface area contributed by atoms with Crippen molar-refractivity contribution in [3.05, 3.63) is 29.7 Å². The summed E-state index contributed by atoms with van der Waals surface area (Å²) in [5.41, 5.74) is 0.789. The maximum atomic E-state index is 10.9. The molecule has 0 saturated carbocycles. The highest BCUT2D eigenvalue weighted by atomic mass is 16.5. The van der Waals surface area contributed by atoms with Crippen molar-refractivity contribution >= 4 is 11.6 Å². The Morgan fingerprint density at radius 1 is 1.56 bits per heavy atom. The lowest BCUT2D eigenvalue weighted by molar-refractivity contribution is 0.0697. The lowest BCUT2D eigenvalue weighted by Crippen LogP contribution is -2.16. The monoisotopic (exact) mass is 247 g/mol. The van der Waals surface area contributed by atoms with Gasteiger partial charge in [-0.1, -0.05) is 0 Å². The highest BCUT2D eigenvalue weighted by Gasteiger charge is 2.20. The Hall–Kier alpha value is -1.95. The summed E-state index contributed by atoms with van der Waals surface area (Å²) in [6, 6.07) is 3.05. The number of rotatable bonds is 2. The topological polar surface area (TPSA) is 76.7 Å². The van der Waals surface area contributed by atoms with E-state index in [9.17, 15) is 4.79 Å². The van der Waals surface area contributed by atoms with Crippen LogP contribution in [0.4, 0.5) is 0 Å². The van der Waals surface area contributed by atoms with Gasteiger partial charge in [-0.2, -0.15) is 5.10 Å². The van der Waals surface area contributed by atoms with Gasteiger partial charge in [0.25, 0.3) is 0 Å². The summed E-state index contributed by atoms with van der Waals surface area (Å²) < 4.78 is 7.02. The largest absolute Gasteiger partial charge is 0.478 e. The molecule has 94 valence electrons. The first-order valence-electron chi connectivity index (χ1n) is 5.91. The van der Waals surface area contributed by atoms with Gasteiger partial charge in [0.1, 0.15) is 0 Å². The molecule has 6 heteroatoms. The summed E-state index contributed by atoms with van der Waals surface area (Å²) in [5, 5.41) is 13.3. The van der Waals surface area contributed by atoms with Gasteiger partial charge in [-0.25, -0.2) is 14.3 Å². The highest BCUT2D eigenvalue weighted by Crippen LogP contribution is 2.23. The van der Waals surface area contributed by atoms with Crippen LogP contribution in [0.25, 0.3) is 5.65 Å². The van der Waals surface area contributed by atoms with E-state index in [4.69, 9.17) is 9.84 Å². The van der Waals surface area contributed by atoms with E-state index >= 15 is 0 Å². The van der Waals surface area contributed by atoms with Crippen molar-refractivity contribution in [2.75, 3.05) is 13.2 Å². The maximum Gasteiger partial charge on any atom is 0.335 e. The molecule has 0 spiro atoms. The van der Waals surface area contributed by atoms with E-state index in [1.54, 1.807) is 10.7 Å². The number of fused-ring (bicyclic) bond motifs is 1. The second-order valence-corrected chi connectivity index (χ2v) is 4.41. The van der Waals surface area contributed by atoms with Gasteiger partial charge in [-0.3, -0.25) is 0 Å². The zero-order valence-corrected chi connectivity index (χ0v) is 9.74. The van der Waals surface area contributed by atoms with Gasteiger partial charge in [0.2, 0.25) is 0 Å². The molecule has 0 bridgehead atoms. The number of pyridine rings is 1. The summed E-state index contributed by atoms with van der Waals surface area (Å²) in [4.78, 5) is 15.3.